The monoisotopic (exact) mass is 180 g/mol. The number of ether oxygens (including phenoxy) is 1. The third-order valence-corrected chi connectivity index (χ3v) is 3.16. The van der Waals surface area contributed by atoms with Crippen LogP contribution in [0.5, 0.6) is 0 Å². The van der Waals surface area contributed by atoms with Gasteiger partial charge in [-0.15, -0.1) is 0 Å². The number of rotatable bonds is 2. The molecule has 0 saturated carbocycles. The maximum absolute atomic E-state index is 9.02. The predicted molar refractivity (Wildman–Crippen MR) is 49.1 cm³/mol. The number of nitriles is 1. The molecule has 2 fully saturated rings. The maximum Gasteiger partial charge on any atom is 0.104 e. The van der Waals surface area contributed by atoms with Gasteiger partial charge in [0.15, 0.2) is 0 Å². The van der Waals surface area contributed by atoms with Crippen LogP contribution in [0.15, 0.2) is 0 Å². The summed E-state index contributed by atoms with van der Waals surface area (Å²) in [5, 5.41) is 9.02. The van der Waals surface area contributed by atoms with E-state index < -0.39 is 0 Å². The minimum Gasteiger partial charge on any atom is -0.378 e. The van der Waals surface area contributed by atoms with Gasteiger partial charge < -0.3 is 9.64 Å². The largest absolute Gasteiger partial charge is 0.378 e. The lowest BCUT2D eigenvalue weighted by Crippen LogP contribution is -2.43. The zero-order valence-electron chi connectivity index (χ0n) is 8.12. The first-order valence-corrected chi connectivity index (χ1v) is 4.92. The average molecular weight is 180 g/mol. The van der Waals surface area contributed by atoms with E-state index in [2.05, 4.69) is 18.0 Å². The fraction of sp³-hybridized carbons (Fsp3) is 0.900. The molecule has 0 spiro atoms. The van der Waals surface area contributed by atoms with E-state index in [0.29, 0.717) is 19.1 Å². The lowest BCUT2D eigenvalue weighted by atomic mass is 9.78. The molecule has 2 rings (SSSR count). The van der Waals surface area contributed by atoms with E-state index >= 15 is 0 Å². The second kappa shape index (κ2) is 3.28. The molecule has 2 aliphatic rings. The maximum atomic E-state index is 9.02. The first-order valence-electron chi connectivity index (χ1n) is 4.92. The molecule has 72 valence electrons. The first kappa shape index (κ1) is 8.98. The second-order valence-corrected chi connectivity index (χ2v) is 4.51. The second-order valence-electron chi connectivity index (χ2n) is 4.51. The predicted octanol–water partition coefficient (Wildman–Crippen LogP) is 0.868. The molecule has 3 heteroatoms. The van der Waals surface area contributed by atoms with Crippen molar-refractivity contribution in [1.82, 2.24) is 4.90 Å². The molecule has 13 heavy (non-hydrogen) atoms. The van der Waals surface area contributed by atoms with Crippen LogP contribution in [0, 0.1) is 22.7 Å². The highest BCUT2D eigenvalue weighted by Crippen LogP contribution is 2.36. The third-order valence-electron chi connectivity index (χ3n) is 3.16. The van der Waals surface area contributed by atoms with Gasteiger partial charge in [-0.3, -0.25) is 0 Å². The summed E-state index contributed by atoms with van der Waals surface area (Å²) in [6.07, 6.45) is 2.29. The smallest absolute Gasteiger partial charge is 0.104 e. The molecule has 2 heterocycles. The van der Waals surface area contributed by atoms with Crippen LogP contribution in [0.4, 0.5) is 0 Å². The molecule has 0 amide bonds. The van der Waals surface area contributed by atoms with Crippen molar-refractivity contribution in [3.63, 3.8) is 0 Å². The van der Waals surface area contributed by atoms with E-state index in [4.69, 9.17) is 10.00 Å². The van der Waals surface area contributed by atoms with Gasteiger partial charge in [-0.05, 0) is 32.4 Å². The molecular formula is C10H16N2O. The van der Waals surface area contributed by atoms with Crippen molar-refractivity contribution in [2.45, 2.75) is 12.8 Å². The Morgan fingerprint density at radius 3 is 2.77 bits per heavy atom. The molecule has 3 nitrogen and oxygen atoms in total. The van der Waals surface area contributed by atoms with Gasteiger partial charge in [0.25, 0.3) is 0 Å². The summed E-state index contributed by atoms with van der Waals surface area (Å²) < 4.78 is 5.13. The Morgan fingerprint density at radius 2 is 2.38 bits per heavy atom. The van der Waals surface area contributed by atoms with Gasteiger partial charge in [0, 0.05) is 6.54 Å². The van der Waals surface area contributed by atoms with Crippen molar-refractivity contribution >= 4 is 0 Å². The van der Waals surface area contributed by atoms with Crippen LogP contribution < -0.4 is 0 Å². The van der Waals surface area contributed by atoms with E-state index in [9.17, 15) is 0 Å². The van der Waals surface area contributed by atoms with Crippen LogP contribution in [0.3, 0.4) is 0 Å². The van der Waals surface area contributed by atoms with Crippen molar-refractivity contribution in [2.24, 2.45) is 11.3 Å². The van der Waals surface area contributed by atoms with Crippen molar-refractivity contribution in [3.8, 4) is 6.07 Å². The normalized spacial score (nSPS) is 32.5. The first-order chi connectivity index (χ1) is 6.24. The lowest BCUT2D eigenvalue weighted by molar-refractivity contribution is -0.0878. The molecular weight excluding hydrogens is 164 g/mol. The van der Waals surface area contributed by atoms with E-state index in [1.54, 1.807) is 0 Å². The zero-order valence-corrected chi connectivity index (χ0v) is 8.12. The fourth-order valence-corrected chi connectivity index (χ4v) is 2.32. The molecule has 0 N–H and O–H groups in total. The number of hydrogen-bond donors (Lipinski definition) is 0. The summed E-state index contributed by atoms with van der Waals surface area (Å²) in [5.41, 5.74) is -0.129. The standard InChI is InChI=1S/C10H16N2O/c1-12-3-2-9(5-12)4-10(6-11)7-13-8-10/h9H,2-5,7-8H2,1H3. The summed E-state index contributed by atoms with van der Waals surface area (Å²) >= 11 is 0. The zero-order chi connectivity index (χ0) is 9.31. The fourth-order valence-electron chi connectivity index (χ4n) is 2.32. The number of likely N-dealkylation sites (tertiary alicyclic amines) is 1. The molecule has 0 aromatic carbocycles. The third kappa shape index (κ3) is 1.70. The highest BCUT2D eigenvalue weighted by molar-refractivity contribution is 5.05. The van der Waals surface area contributed by atoms with E-state index in [1.165, 1.54) is 13.0 Å². The Labute approximate surface area is 79.3 Å². The summed E-state index contributed by atoms with van der Waals surface area (Å²) in [4.78, 5) is 2.34. The van der Waals surface area contributed by atoms with Crippen molar-refractivity contribution in [1.29, 1.82) is 5.26 Å². The Kier molecular flexibility index (Phi) is 2.27. The lowest BCUT2D eigenvalue weighted by Gasteiger charge is -2.36. The number of hydrogen-bond acceptors (Lipinski definition) is 3. The van der Waals surface area contributed by atoms with E-state index in [0.717, 1.165) is 13.0 Å². The molecule has 0 radical (unpaired) electrons. The van der Waals surface area contributed by atoms with Crippen LogP contribution in [0.1, 0.15) is 12.8 Å². The van der Waals surface area contributed by atoms with Gasteiger partial charge in [0.1, 0.15) is 5.41 Å². The van der Waals surface area contributed by atoms with Crippen molar-refractivity contribution in [2.75, 3.05) is 33.4 Å². The van der Waals surface area contributed by atoms with Gasteiger partial charge >= 0.3 is 0 Å². The topological polar surface area (TPSA) is 36.3 Å². The van der Waals surface area contributed by atoms with Crippen LogP contribution in [-0.4, -0.2) is 38.3 Å². The van der Waals surface area contributed by atoms with Crippen molar-refractivity contribution in [3.05, 3.63) is 0 Å². The molecule has 0 aromatic heterocycles. The summed E-state index contributed by atoms with van der Waals surface area (Å²) in [5.74, 6) is 0.716. The quantitative estimate of drug-likeness (QED) is 0.632. The molecule has 1 unspecified atom stereocenters. The summed E-state index contributed by atoms with van der Waals surface area (Å²) in [6.45, 7) is 3.66. The molecule has 0 bridgehead atoms. The highest BCUT2D eigenvalue weighted by Gasteiger charge is 2.41. The van der Waals surface area contributed by atoms with Gasteiger partial charge in [0.05, 0.1) is 19.3 Å². The minimum atomic E-state index is -0.129. The molecule has 2 saturated heterocycles. The van der Waals surface area contributed by atoms with Gasteiger partial charge in [-0.2, -0.15) is 5.26 Å². The Hall–Kier alpha value is -0.590. The van der Waals surface area contributed by atoms with Gasteiger partial charge in [0.2, 0.25) is 0 Å². The van der Waals surface area contributed by atoms with Crippen molar-refractivity contribution < 1.29 is 4.74 Å². The molecule has 2 aliphatic heterocycles. The van der Waals surface area contributed by atoms with Crippen LogP contribution in [0.2, 0.25) is 0 Å². The van der Waals surface area contributed by atoms with Crippen LogP contribution in [0.25, 0.3) is 0 Å². The average Bonchev–Trinajstić information content (AvgIpc) is 2.44. The molecule has 0 aliphatic carbocycles. The highest BCUT2D eigenvalue weighted by atomic mass is 16.5. The summed E-state index contributed by atoms with van der Waals surface area (Å²) in [7, 11) is 2.15. The Bertz CT molecular complexity index is 230. The van der Waals surface area contributed by atoms with E-state index in [-0.39, 0.29) is 5.41 Å². The van der Waals surface area contributed by atoms with Crippen LogP contribution >= 0.6 is 0 Å². The Morgan fingerprint density at radius 1 is 1.62 bits per heavy atom. The van der Waals surface area contributed by atoms with Gasteiger partial charge in [-0.1, -0.05) is 0 Å². The van der Waals surface area contributed by atoms with Gasteiger partial charge in [-0.25, -0.2) is 0 Å². The molecule has 1 atom stereocenters. The minimum absolute atomic E-state index is 0.129. The van der Waals surface area contributed by atoms with Crippen LogP contribution in [-0.2, 0) is 4.74 Å². The van der Waals surface area contributed by atoms with E-state index in [1.807, 2.05) is 0 Å². The summed E-state index contributed by atoms with van der Waals surface area (Å²) in [6, 6.07) is 2.41. The molecule has 0 aromatic rings. The Balaban J connectivity index is 1.87. The SMILES string of the molecule is CN1CCC(CC2(C#N)COC2)C1. The number of nitrogens with zero attached hydrogens (tertiary/aromatic N) is 2.